The van der Waals surface area contributed by atoms with Crippen LogP contribution >= 0.6 is 0 Å². The van der Waals surface area contributed by atoms with Crippen molar-refractivity contribution in [1.82, 2.24) is 15.1 Å². The average molecular weight is 306 g/mol. The van der Waals surface area contributed by atoms with E-state index in [9.17, 15) is 4.79 Å². The molecule has 0 saturated carbocycles. The Morgan fingerprint density at radius 3 is 2.39 bits per heavy atom. The Bertz CT molecular complexity index is 819. The summed E-state index contributed by atoms with van der Waals surface area (Å²) in [5, 5.41) is 8.00. The van der Waals surface area contributed by atoms with Crippen LogP contribution in [0.4, 0.5) is 5.69 Å². The minimum atomic E-state index is 0.0337. The molecule has 5 heteroatoms. The van der Waals surface area contributed by atoms with Gasteiger partial charge < -0.3 is 9.80 Å². The first kappa shape index (κ1) is 13.8. The van der Waals surface area contributed by atoms with Gasteiger partial charge in [0.2, 0.25) is 0 Å². The fraction of sp³-hybridized carbons (Fsp3) is 0.222. The number of aromatic amines is 1. The SMILES string of the molecule is O=C(c1[nH]nc2ccccc12)N1CCN(c2ccccc2)CC1. The van der Waals surface area contributed by atoms with Gasteiger partial charge in [-0.15, -0.1) is 0 Å². The fourth-order valence-corrected chi connectivity index (χ4v) is 3.09. The molecule has 116 valence electrons. The van der Waals surface area contributed by atoms with Gasteiger partial charge in [-0.05, 0) is 18.2 Å². The number of hydrogen-bond acceptors (Lipinski definition) is 3. The van der Waals surface area contributed by atoms with Crippen LogP contribution in [0.2, 0.25) is 0 Å². The van der Waals surface area contributed by atoms with Crippen molar-refractivity contribution in [3.05, 3.63) is 60.3 Å². The van der Waals surface area contributed by atoms with Crippen molar-refractivity contribution in [3.8, 4) is 0 Å². The predicted octanol–water partition coefficient (Wildman–Crippen LogP) is 2.53. The van der Waals surface area contributed by atoms with Gasteiger partial charge in [0.1, 0.15) is 5.69 Å². The normalized spacial score (nSPS) is 15.1. The molecule has 0 unspecified atom stereocenters. The van der Waals surface area contributed by atoms with Crippen LogP contribution in [0.15, 0.2) is 54.6 Å². The first-order valence-electron chi connectivity index (χ1n) is 7.85. The van der Waals surface area contributed by atoms with Crippen LogP contribution in [0.1, 0.15) is 10.5 Å². The summed E-state index contributed by atoms with van der Waals surface area (Å²) in [4.78, 5) is 17.0. The Labute approximate surface area is 134 Å². The quantitative estimate of drug-likeness (QED) is 0.791. The van der Waals surface area contributed by atoms with E-state index in [2.05, 4.69) is 27.2 Å². The van der Waals surface area contributed by atoms with Crippen LogP contribution in [-0.2, 0) is 0 Å². The molecule has 4 rings (SSSR count). The Kier molecular flexibility index (Phi) is 3.46. The number of benzene rings is 2. The molecule has 2 aromatic carbocycles. The lowest BCUT2D eigenvalue weighted by Gasteiger charge is -2.35. The highest BCUT2D eigenvalue weighted by Gasteiger charge is 2.24. The summed E-state index contributed by atoms with van der Waals surface area (Å²) < 4.78 is 0. The van der Waals surface area contributed by atoms with Crippen LogP contribution in [0, 0.1) is 0 Å². The number of amides is 1. The lowest BCUT2D eigenvalue weighted by atomic mass is 10.2. The number of hydrogen-bond donors (Lipinski definition) is 1. The van der Waals surface area contributed by atoms with E-state index in [1.165, 1.54) is 5.69 Å². The molecule has 1 aliphatic rings. The Morgan fingerprint density at radius 1 is 0.913 bits per heavy atom. The van der Waals surface area contributed by atoms with Crippen molar-refractivity contribution < 1.29 is 4.79 Å². The smallest absolute Gasteiger partial charge is 0.272 e. The standard InChI is InChI=1S/C18H18N4O/c23-18(17-15-8-4-5-9-16(15)19-20-17)22-12-10-21(11-13-22)14-6-2-1-3-7-14/h1-9H,10-13H2,(H,19,20). The van der Waals surface area contributed by atoms with E-state index in [0.717, 1.165) is 37.1 Å². The van der Waals surface area contributed by atoms with Crippen molar-refractivity contribution in [2.24, 2.45) is 0 Å². The topological polar surface area (TPSA) is 52.2 Å². The summed E-state index contributed by atoms with van der Waals surface area (Å²) in [6.07, 6.45) is 0. The maximum atomic E-state index is 12.8. The van der Waals surface area contributed by atoms with Crippen molar-refractivity contribution in [1.29, 1.82) is 0 Å². The van der Waals surface area contributed by atoms with E-state index in [1.807, 2.05) is 47.4 Å². The molecule has 2 heterocycles. The van der Waals surface area contributed by atoms with Gasteiger partial charge in [0.25, 0.3) is 5.91 Å². The van der Waals surface area contributed by atoms with Crippen molar-refractivity contribution in [3.63, 3.8) is 0 Å². The average Bonchev–Trinajstić information content (AvgIpc) is 3.06. The summed E-state index contributed by atoms with van der Waals surface area (Å²) in [5.74, 6) is 0.0337. The van der Waals surface area contributed by atoms with Gasteiger partial charge in [-0.2, -0.15) is 5.10 Å². The molecular formula is C18H18N4O. The molecule has 0 bridgehead atoms. The number of anilines is 1. The largest absolute Gasteiger partial charge is 0.368 e. The predicted molar refractivity (Wildman–Crippen MR) is 90.7 cm³/mol. The van der Waals surface area contributed by atoms with Crippen LogP contribution in [0.5, 0.6) is 0 Å². The number of fused-ring (bicyclic) bond motifs is 1. The van der Waals surface area contributed by atoms with E-state index < -0.39 is 0 Å². The third-order valence-electron chi connectivity index (χ3n) is 4.36. The molecule has 1 saturated heterocycles. The summed E-state index contributed by atoms with van der Waals surface area (Å²) in [7, 11) is 0. The molecule has 1 fully saturated rings. The zero-order valence-electron chi connectivity index (χ0n) is 12.8. The molecule has 3 aromatic rings. The molecule has 0 atom stereocenters. The maximum absolute atomic E-state index is 12.8. The summed E-state index contributed by atoms with van der Waals surface area (Å²) >= 11 is 0. The van der Waals surface area contributed by atoms with Gasteiger partial charge in [-0.25, -0.2) is 0 Å². The van der Waals surface area contributed by atoms with Crippen molar-refractivity contribution in [2.45, 2.75) is 0 Å². The number of para-hydroxylation sites is 2. The lowest BCUT2D eigenvalue weighted by molar-refractivity contribution is 0.0743. The van der Waals surface area contributed by atoms with Gasteiger partial charge in [0, 0.05) is 37.3 Å². The maximum Gasteiger partial charge on any atom is 0.272 e. The number of rotatable bonds is 2. The molecule has 1 amide bonds. The second-order valence-corrected chi connectivity index (χ2v) is 5.73. The minimum Gasteiger partial charge on any atom is -0.368 e. The first-order valence-corrected chi connectivity index (χ1v) is 7.85. The van der Waals surface area contributed by atoms with E-state index in [4.69, 9.17) is 0 Å². The van der Waals surface area contributed by atoms with E-state index in [1.54, 1.807) is 0 Å². The monoisotopic (exact) mass is 306 g/mol. The number of H-pyrrole nitrogens is 1. The van der Waals surface area contributed by atoms with Crippen molar-refractivity contribution in [2.75, 3.05) is 31.1 Å². The number of aromatic nitrogens is 2. The summed E-state index contributed by atoms with van der Waals surface area (Å²) in [6, 6.07) is 18.0. The summed E-state index contributed by atoms with van der Waals surface area (Å²) in [5.41, 5.74) is 2.64. The third-order valence-corrected chi connectivity index (χ3v) is 4.36. The molecule has 1 aliphatic heterocycles. The van der Waals surface area contributed by atoms with Crippen LogP contribution in [0.25, 0.3) is 10.9 Å². The van der Waals surface area contributed by atoms with Crippen LogP contribution < -0.4 is 4.90 Å². The highest BCUT2D eigenvalue weighted by molar-refractivity contribution is 6.04. The molecular weight excluding hydrogens is 288 g/mol. The molecule has 1 N–H and O–H groups in total. The highest BCUT2D eigenvalue weighted by Crippen LogP contribution is 2.19. The van der Waals surface area contributed by atoms with Gasteiger partial charge in [-0.1, -0.05) is 36.4 Å². The fourth-order valence-electron chi connectivity index (χ4n) is 3.09. The lowest BCUT2D eigenvalue weighted by Crippen LogP contribution is -2.48. The number of carbonyl (C=O) groups is 1. The Morgan fingerprint density at radius 2 is 1.61 bits per heavy atom. The molecule has 0 radical (unpaired) electrons. The van der Waals surface area contributed by atoms with Crippen molar-refractivity contribution >= 4 is 22.5 Å². The highest BCUT2D eigenvalue weighted by atomic mass is 16.2. The third kappa shape index (κ3) is 2.54. The minimum absolute atomic E-state index is 0.0337. The van der Waals surface area contributed by atoms with E-state index in [-0.39, 0.29) is 5.91 Å². The number of carbonyl (C=O) groups excluding carboxylic acids is 1. The van der Waals surface area contributed by atoms with Gasteiger partial charge in [0.15, 0.2) is 0 Å². The molecule has 0 aliphatic carbocycles. The number of nitrogens with one attached hydrogen (secondary N) is 1. The molecule has 5 nitrogen and oxygen atoms in total. The first-order chi connectivity index (χ1) is 11.3. The van der Waals surface area contributed by atoms with Gasteiger partial charge in [0.05, 0.1) is 5.52 Å². The van der Waals surface area contributed by atoms with Crippen LogP contribution in [0.3, 0.4) is 0 Å². The zero-order valence-corrected chi connectivity index (χ0v) is 12.8. The molecule has 23 heavy (non-hydrogen) atoms. The second-order valence-electron chi connectivity index (χ2n) is 5.73. The van der Waals surface area contributed by atoms with E-state index in [0.29, 0.717) is 5.69 Å². The van der Waals surface area contributed by atoms with Gasteiger partial charge in [-0.3, -0.25) is 9.89 Å². The number of piperazine rings is 1. The molecule has 1 aromatic heterocycles. The van der Waals surface area contributed by atoms with E-state index >= 15 is 0 Å². The molecule has 0 spiro atoms. The Balaban J connectivity index is 1.49. The van der Waals surface area contributed by atoms with Gasteiger partial charge >= 0.3 is 0 Å². The van der Waals surface area contributed by atoms with Crippen LogP contribution in [-0.4, -0.2) is 47.2 Å². The number of nitrogens with zero attached hydrogens (tertiary/aromatic N) is 3. The summed E-state index contributed by atoms with van der Waals surface area (Å²) in [6.45, 7) is 3.14. The second kappa shape index (κ2) is 5.76. The Hall–Kier alpha value is -2.82. The zero-order chi connectivity index (χ0) is 15.6.